The first kappa shape index (κ1) is 12.8. The zero-order valence-electron chi connectivity index (χ0n) is 11.2. The van der Waals surface area contributed by atoms with E-state index >= 15 is 0 Å². The van der Waals surface area contributed by atoms with Gasteiger partial charge in [0.2, 0.25) is 5.89 Å². The normalized spacial score (nSPS) is 14.3. The lowest BCUT2D eigenvalue weighted by atomic mass is 10.1. The van der Waals surface area contributed by atoms with Crippen LogP contribution in [-0.4, -0.2) is 14.5 Å². The van der Waals surface area contributed by atoms with Crippen LogP contribution in [0.3, 0.4) is 0 Å². The van der Waals surface area contributed by atoms with Gasteiger partial charge in [0.1, 0.15) is 5.82 Å². The second kappa shape index (κ2) is 4.80. The Morgan fingerprint density at radius 2 is 1.95 bits per heavy atom. The van der Waals surface area contributed by atoms with Gasteiger partial charge in [0.25, 0.3) is 11.3 Å². The molecule has 6 heteroatoms. The molecular formula is C15H12BrN3O2. The second-order valence-corrected chi connectivity index (χ2v) is 6.04. The van der Waals surface area contributed by atoms with E-state index in [1.54, 1.807) is 4.57 Å². The third kappa shape index (κ3) is 2.10. The SMILES string of the molecule is O=c1c2nc(-c3ccc(Br)cc3)oc2nc2n1CCCC2. The molecule has 0 amide bonds. The number of hydrogen-bond acceptors (Lipinski definition) is 4. The average molecular weight is 346 g/mol. The molecule has 4 rings (SSSR count). The van der Waals surface area contributed by atoms with E-state index in [1.165, 1.54) is 0 Å². The molecule has 21 heavy (non-hydrogen) atoms. The Morgan fingerprint density at radius 3 is 2.76 bits per heavy atom. The first-order chi connectivity index (χ1) is 10.2. The Kier molecular flexibility index (Phi) is 2.92. The molecule has 0 saturated heterocycles. The molecule has 1 aliphatic rings. The predicted octanol–water partition coefficient (Wildman–Crippen LogP) is 3.15. The summed E-state index contributed by atoms with van der Waals surface area (Å²) in [5, 5.41) is 0. The van der Waals surface area contributed by atoms with E-state index in [-0.39, 0.29) is 5.56 Å². The fourth-order valence-corrected chi connectivity index (χ4v) is 2.90. The number of rotatable bonds is 1. The quantitative estimate of drug-likeness (QED) is 0.679. The maximum absolute atomic E-state index is 12.5. The van der Waals surface area contributed by atoms with Gasteiger partial charge in [-0.3, -0.25) is 9.36 Å². The summed E-state index contributed by atoms with van der Waals surface area (Å²) < 4.78 is 8.39. The summed E-state index contributed by atoms with van der Waals surface area (Å²) in [7, 11) is 0. The van der Waals surface area contributed by atoms with Crippen molar-refractivity contribution in [2.24, 2.45) is 0 Å². The molecule has 3 heterocycles. The van der Waals surface area contributed by atoms with Crippen LogP contribution in [0, 0.1) is 0 Å². The molecule has 0 fully saturated rings. The zero-order chi connectivity index (χ0) is 14.4. The maximum atomic E-state index is 12.5. The van der Waals surface area contributed by atoms with E-state index in [0.717, 1.165) is 41.7 Å². The van der Waals surface area contributed by atoms with Crippen molar-refractivity contribution >= 4 is 27.2 Å². The summed E-state index contributed by atoms with van der Waals surface area (Å²) in [4.78, 5) is 21.3. The molecule has 0 N–H and O–H groups in total. The number of halogens is 1. The molecule has 5 nitrogen and oxygen atoms in total. The fraction of sp³-hybridized carbons (Fsp3) is 0.267. The lowest BCUT2D eigenvalue weighted by molar-refractivity contribution is 0.494. The number of aryl methyl sites for hydroxylation is 1. The van der Waals surface area contributed by atoms with Crippen molar-refractivity contribution in [1.82, 2.24) is 14.5 Å². The highest BCUT2D eigenvalue weighted by Gasteiger charge is 2.19. The van der Waals surface area contributed by atoms with Gasteiger partial charge in [-0.25, -0.2) is 4.98 Å². The molecule has 2 aromatic heterocycles. The highest BCUT2D eigenvalue weighted by Crippen LogP contribution is 2.24. The first-order valence-corrected chi connectivity index (χ1v) is 7.68. The molecule has 1 aromatic carbocycles. The number of hydrogen-bond donors (Lipinski definition) is 0. The van der Waals surface area contributed by atoms with Crippen molar-refractivity contribution in [3.05, 3.63) is 44.9 Å². The van der Waals surface area contributed by atoms with Crippen LogP contribution in [0.15, 0.2) is 37.9 Å². The minimum absolute atomic E-state index is 0.0955. The summed E-state index contributed by atoms with van der Waals surface area (Å²) in [6.45, 7) is 0.720. The summed E-state index contributed by atoms with van der Waals surface area (Å²) in [5.41, 5.74) is 1.39. The topological polar surface area (TPSA) is 60.9 Å². The van der Waals surface area contributed by atoms with E-state index in [4.69, 9.17) is 4.42 Å². The van der Waals surface area contributed by atoms with Gasteiger partial charge in [0.15, 0.2) is 5.52 Å². The minimum atomic E-state index is -0.0955. The largest absolute Gasteiger partial charge is 0.417 e. The van der Waals surface area contributed by atoms with Gasteiger partial charge in [-0.05, 0) is 37.1 Å². The number of fused-ring (bicyclic) bond motifs is 2. The fourth-order valence-electron chi connectivity index (χ4n) is 2.64. The van der Waals surface area contributed by atoms with E-state index in [0.29, 0.717) is 17.1 Å². The van der Waals surface area contributed by atoms with Gasteiger partial charge in [0, 0.05) is 23.0 Å². The Labute approximate surface area is 128 Å². The van der Waals surface area contributed by atoms with E-state index < -0.39 is 0 Å². The van der Waals surface area contributed by atoms with Gasteiger partial charge < -0.3 is 4.42 Å². The second-order valence-electron chi connectivity index (χ2n) is 5.12. The van der Waals surface area contributed by atoms with Crippen molar-refractivity contribution < 1.29 is 4.42 Å². The van der Waals surface area contributed by atoms with E-state index in [2.05, 4.69) is 25.9 Å². The summed E-state index contributed by atoms with van der Waals surface area (Å²) >= 11 is 3.39. The van der Waals surface area contributed by atoms with Gasteiger partial charge in [-0.1, -0.05) is 15.9 Å². The van der Waals surface area contributed by atoms with Gasteiger partial charge in [-0.2, -0.15) is 4.98 Å². The number of benzene rings is 1. The van der Waals surface area contributed by atoms with Crippen LogP contribution in [-0.2, 0) is 13.0 Å². The Hall–Kier alpha value is -1.95. The molecule has 0 spiro atoms. The third-order valence-electron chi connectivity index (χ3n) is 3.72. The zero-order valence-corrected chi connectivity index (χ0v) is 12.8. The number of nitrogens with zero attached hydrogens (tertiary/aromatic N) is 3. The molecule has 106 valence electrons. The first-order valence-electron chi connectivity index (χ1n) is 6.88. The third-order valence-corrected chi connectivity index (χ3v) is 4.25. The average Bonchev–Trinajstić information content (AvgIpc) is 2.92. The van der Waals surface area contributed by atoms with Crippen molar-refractivity contribution in [2.75, 3.05) is 0 Å². The number of aromatic nitrogens is 3. The van der Waals surface area contributed by atoms with Crippen molar-refractivity contribution in [2.45, 2.75) is 25.8 Å². The summed E-state index contributed by atoms with van der Waals surface area (Å²) in [5.74, 6) is 1.24. The van der Waals surface area contributed by atoms with Crippen molar-refractivity contribution in [1.29, 1.82) is 0 Å². The van der Waals surface area contributed by atoms with Gasteiger partial charge in [0.05, 0.1) is 0 Å². The Balaban J connectivity index is 1.92. The molecule has 0 atom stereocenters. The Morgan fingerprint density at radius 1 is 1.14 bits per heavy atom. The van der Waals surface area contributed by atoms with Crippen LogP contribution < -0.4 is 5.56 Å². The lowest BCUT2D eigenvalue weighted by Gasteiger charge is -2.15. The summed E-state index contributed by atoms with van der Waals surface area (Å²) in [6.07, 6.45) is 2.89. The van der Waals surface area contributed by atoms with E-state index in [1.807, 2.05) is 24.3 Å². The van der Waals surface area contributed by atoms with Crippen LogP contribution in [0.5, 0.6) is 0 Å². The van der Waals surface area contributed by atoms with E-state index in [9.17, 15) is 4.79 Å². The smallest absolute Gasteiger partial charge is 0.283 e. The predicted molar refractivity (Wildman–Crippen MR) is 82.1 cm³/mol. The molecule has 1 aliphatic heterocycles. The van der Waals surface area contributed by atoms with Gasteiger partial charge >= 0.3 is 0 Å². The molecule has 0 radical (unpaired) electrons. The molecule has 0 aliphatic carbocycles. The van der Waals surface area contributed by atoms with Crippen LogP contribution >= 0.6 is 15.9 Å². The Bertz CT molecular complexity index is 880. The van der Waals surface area contributed by atoms with Crippen LogP contribution in [0.4, 0.5) is 0 Å². The lowest BCUT2D eigenvalue weighted by Crippen LogP contribution is -2.28. The van der Waals surface area contributed by atoms with Gasteiger partial charge in [-0.15, -0.1) is 0 Å². The van der Waals surface area contributed by atoms with Crippen molar-refractivity contribution in [3.63, 3.8) is 0 Å². The molecule has 3 aromatic rings. The minimum Gasteiger partial charge on any atom is -0.417 e. The highest BCUT2D eigenvalue weighted by atomic mass is 79.9. The molecular weight excluding hydrogens is 334 g/mol. The van der Waals surface area contributed by atoms with Crippen LogP contribution in [0.1, 0.15) is 18.7 Å². The monoisotopic (exact) mass is 345 g/mol. The summed E-state index contributed by atoms with van der Waals surface area (Å²) in [6, 6.07) is 7.61. The molecule has 0 bridgehead atoms. The van der Waals surface area contributed by atoms with Crippen molar-refractivity contribution in [3.8, 4) is 11.5 Å². The maximum Gasteiger partial charge on any atom is 0.283 e. The highest BCUT2D eigenvalue weighted by molar-refractivity contribution is 9.10. The molecule has 0 saturated carbocycles. The molecule has 0 unspecified atom stereocenters. The van der Waals surface area contributed by atoms with Crippen LogP contribution in [0.25, 0.3) is 22.7 Å². The number of oxazole rings is 1. The van der Waals surface area contributed by atoms with Crippen LogP contribution in [0.2, 0.25) is 0 Å². The standard InChI is InChI=1S/C15H12BrN3O2/c16-10-6-4-9(5-7-10)13-18-12-14(21-13)17-11-3-1-2-8-19(11)15(12)20/h4-7H,1-3,8H2.